The lowest BCUT2D eigenvalue weighted by Crippen LogP contribution is -2.26. The van der Waals surface area contributed by atoms with Crippen molar-refractivity contribution in [2.24, 2.45) is 0 Å². The number of nitrogens with one attached hydrogen (secondary N) is 1. The molecule has 0 saturated heterocycles. The van der Waals surface area contributed by atoms with Crippen molar-refractivity contribution in [2.45, 2.75) is 20.3 Å². The third-order valence-electron chi connectivity index (χ3n) is 4.76. The van der Waals surface area contributed by atoms with Crippen molar-refractivity contribution in [3.8, 4) is 11.8 Å². The fourth-order valence-corrected chi connectivity index (χ4v) is 3.55. The van der Waals surface area contributed by atoms with Gasteiger partial charge in [0, 0.05) is 28.1 Å². The topological polar surface area (TPSA) is 57.8 Å². The Labute approximate surface area is 179 Å². The number of carbonyl (C=O) groups excluding carboxylic acids is 1. The van der Waals surface area contributed by atoms with E-state index in [9.17, 15) is 10.1 Å². The zero-order valence-corrected chi connectivity index (χ0v) is 18.0. The minimum absolute atomic E-state index is 0.106. The van der Waals surface area contributed by atoms with Crippen LogP contribution in [0.15, 0.2) is 70.7 Å². The second-order valence-electron chi connectivity index (χ2n) is 6.80. The molecule has 0 aliphatic carbocycles. The summed E-state index contributed by atoms with van der Waals surface area (Å²) < 4.78 is 3.13. The fraction of sp³-hybridized carbons (Fsp3) is 0.167. The van der Waals surface area contributed by atoms with Crippen molar-refractivity contribution in [3.63, 3.8) is 0 Å². The van der Waals surface area contributed by atoms with E-state index in [0.29, 0.717) is 6.54 Å². The first-order valence-electron chi connectivity index (χ1n) is 9.38. The van der Waals surface area contributed by atoms with Crippen LogP contribution in [-0.4, -0.2) is 17.0 Å². The third-order valence-corrected chi connectivity index (χ3v) is 5.29. The summed E-state index contributed by atoms with van der Waals surface area (Å²) in [5.41, 5.74) is 5.17. The van der Waals surface area contributed by atoms with Gasteiger partial charge in [0.1, 0.15) is 11.6 Å². The van der Waals surface area contributed by atoms with Crippen LogP contribution in [0.2, 0.25) is 0 Å². The Balaban J connectivity index is 1.76. The van der Waals surface area contributed by atoms with Crippen molar-refractivity contribution >= 4 is 27.9 Å². The van der Waals surface area contributed by atoms with Gasteiger partial charge >= 0.3 is 0 Å². The van der Waals surface area contributed by atoms with Crippen LogP contribution in [0.3, 0.4) is 0 Å². The molecule has 5 heteroatoms. The zero-order valence-electron chi connectivity index (χ0n) is 16.4. The molecule has 0 fully saturated rings. The second kappa shape index (κ2) is 9.40. The lowest BCUT2D eigenvalue weighted by Gasteiger charge is -2.09. The molecule has 2 aromatic carbocycles. The van der Waals surface area contributed by atoms with Crippen LogP contribution >= 0.6 is 15.9 Å². The predicted octanol–water partition coefficient (Wildman–Crippen LogP) is 5.12. The summed E-state index contributed by atoms with van der Waals surface area (Å²) in [6.45, 7) is 4.49. The Morgan fingerprint density at radius 3 is 2.48 bits per heavy atom. The molecule has 0 bridgehead atoms. The van der Waals surface area contributed by atoms with Gasteiger partial charge in [0.2, 0.25) is 0 Å². The van der Waals surface area contributed by atoms with Crippen LogP contribution in [-0.2, 0) is 11.2 Å². The van der Waals surface area contributed by atoms with Gasteiger partial charge in [-0.3, -0.25) is 4.79 Å². The lowest BCUT2D eigenvalue weighted by molar-refractivity contribution is -0.117. The van der Waals surface area contributed by atoms with Gasteiger partial charge in [-0.2, -0.15) is 5.26 Å². The van der Waals surface area contributed by atoms with E-state index in [2.05, 4.69) is 25.8 Å². The molecule has 0 aliphatic heterocycles. The first-order chi connectivity index (χ1) is 14.0. The SMILES string of the molecule is Cc1cc(/C=C(\C#N)C(=O)NCCc2ccccc2)c(C)n1-c1ccc(Br)cc1. The Kier molecular flexibility index (Phi) is 6.69. The van der Waals surface area contributed by atoms with Gasteiger partial charge in [-0.1, -0.05) is 46.3 Å². The van der Waals surface area contributed by atoms with Gasteiger partial charge in [-0.05, 0) is 67.8 Å². The van der Waals surface area contributed by atoms with Gasteiger partial charge in [-0.25, -0.2) is 0 Å². The number of halogens is 1. The molecular weight excluding hydrogens is 426 g/mol. The molecular formula is C24H22BrN3O. The number of rotatable bonds is 6. The quantitative estimate of drug-likeness (QED) is 0.420. The van der Waals surface area contributed by atoms with E-state index in [-0.39, 0.29) is 11.5 Å². The molecule has 0 unspecified atom stereocenters. The first-order valence-corrected chi connectivity index (χ1v) is 10.2. The Morgan fingerprint density at radius 2 is 1.83 bits per heavy atom. The van der Waals surface area contributed by atoms with E-state index in [1.807, 2.05) is 80.6 Å². The number of hydrogen-bond acceptors (Lipinski definition) is 2. The first kappa shape index (κ1) is 20.6. The molecule has 1 aromatic heterocycles. The van der Waals surface area contributed by atoms with E-state index in [1.165, 1.54) is 0 Å². The molecule has 0 radical (unpaired) electrons. The van der Waals surface area contributed by atoms with Crippen LogP contribution in [0.1, 0.15) is 22.5 Å². The Bertz CT molecular complexity index is 1070. The number of aromatic nitrogens is 1. The zero-order chi connectivity index (χ0) is 20.8. The third kappa shape index (κ3) is 5.04. The number of aryl methyl sites for hydroxylation is 1. The highest BCUT2D eigenvalue weighted by Crippen LogP contribution is 2.24. The van der Waals surface area contributed by atoms with Gasteiger partial charge in [0.25, 0.3) is 5.91 Å². The summed E-state index contributed by atoms with van der Waals surface area (Å²) in [6, 6.07) is 22.0. The molecule has 0 saturated carbocycles. The lowest BCUT2D eigenvalue weighted by atomic mass is 10.1. The van der Waals surface area contributed by atoms with E-state index < -0.39 is 0 Å². The molecule has 3 rings (SSSR count). The van der Waals surface area contributed by atoms with Gasteiger partial charge in [0.05, 0.1) is 0 Å². The highest BCUT2D eigenvalue weighted by atomic mass is 79.9. The monoisotopic (exact) mass is 447 g/mol. The maximum absolute atomic E-state index is 12.5. The standard InChI is InChI=1S/C24H22BrN3O/c1-17-14-20(18(2)28(17)23-10-8-22(25)9-11-23)15-21(16-26)24(29)27-13-12-19-6-4-3-5-7-19/h3-11,14-15H,12-13H2,1-2H3,(H,27,29)/b21-15+. The average molecular weight is 448 g/mol. The molecule has 0 atom stereocenters. The maximum atomic E-state index is 12.5. The van der Waals surface area contributed by atoms with Gasteiger partial charge in [0.15, 0.2) is 0 Å². The highest BCUT2D eigenvalue weighted by Gasteiger charge is 2.13. The maximum Gasteiger partial charge on any atom is 0.261 e. The predicted molar refractivity (Wildman–Crippen MR) is 120 cm³/mol. The van der Waals surface area contributed by atoms with Crippen LogP contribution in [0, 0.1) is 25.2 Å². The van der Waals surface area contributed by atoms with Crippen LogP contribution in [0.5, 0.6) is 0 Å². The summed E-state index contributed by atoms with van der Waals surface area (Å²) >= 11 is 3.45. The molecule has 4 nitrogen and oxygen atoms in total. The molecule has 146 valence electrons. The fourth-order valence-electron chi connectivity index (χ4n) is 3.29. The Hall–Kier alpha value is -3.10. The van der Waals surface area contributed by atoms with Crippen molar-refractivity contribution in [1.29, 1.82) is 5.26 Å². The largest absolute Gasteiger partial charge is 0.351 e. The van der Waals surface area contributed by atoms with E-state index in [1.54, 1.807) is 6.08 Å². The van der Waals surface area contributed by atoms with Gasteiger partial charge < -0.3 is 9.88 Å². The molecule has 0 aliphatic rings. The minimum atomic E-state index is -0.350. The van der Waals surface area contributed by atoms with Crippen molar-refractivity contribution in [3.05, 3.63) is 93.2 Å². The molecule has 3 aromatic rings. The molecule has 29 heavy (non-hydrogen) atoms. The second-order valence-corrected chi connectivity index (χ2v) is 7.72. The number of nitriles is 1. The highest BCUT2D eigenvalue weighted by molar-refractivity contribution is 9.10. The molecule has 1 amide bonds. The number of benzene rings is 2. The number of carbonyl (C=O) groups is 1. The summed E-state index contributed by atoms with van der Waals surface area (Å²) in [7, 11) is 0. The summed E-state index contributed by atoms with van der Waals surface area (Å²) in [5, 5.41) is 12.3. The number of hydrogen-bond donors (Lipinski definition) is 1. The minimum Gasteiger partial charge on any atom is -0.351 e. The van der Waals surface area contributed by atoms with Crippen molar-refractivity contribution in [1.82, 2.24) is 9.88 Å². The van der Waals surface area contributed by atoms with E-state index in [0.717, 1.165) is 39.1 Å². The van der Waals surface area contributed by atoms with Crippen molar-refractivity contribution < 1.29 is 4.79 Å². The molecule has 0 spiro atoms. The van der Waals surface area contributed by atoms with E-state index >= 15 is 0 Å². The molecule has 1 N–H and O–H groups in total. The van der Waals surface area contributed by atoms with Gasteiger partial charge in [-0.15, -0.1) is 0 Å². The van der Waals surface area contributed by atoms with E-state index in [4.69, 9.17) is 0 Å². The number of amides is 1. The Morgan fingerprint density at radius 1 is 1.14 bits per heavy atom. The van der Waals surface area contributed by atoms with Crippen LogP contribution in [0.25, 0.3) is 11.8 Å². The van der Waals surface area contributed by atoms with Crippen molar-refractivity contribution in [2.75, 3.05) is 6.54 Å². The van der Waals surface area contributed by atoms with Crippen LogP contribution in [0.4, 0.5) is 0 Å². The van der Waals surface area contributed by atoms with Crippen LogP contribution < -0.4 is 5.32 Å². The smallest absolute Gasteiger partial charge is 0.261 e. The average Bonchev–Trinajstić information content (AvgIpc) is 3.00. The normalized spacial score (nSPS) is 11.2. The summed E-state index contributed by atoms with van der Waals surface area (Å²) in [5.74, 6) is -0.350. The molecule has 1 heterocycles. The summed E-state index contributed by atoms with van der Waals surface area (Å²) in [6.07, 6.45) is 2.39. The summed E-state index contributed by atoms with van der Waals surface area (Å²) in [4.78, 5) is 12.5. The number of nitrogens with zero attached hydrogens (tertiary/aromatic N) is 2.